The van der Waals surface area contributed by atoms with Gasteiger partial charge in [0.2, 0.25) is 5.91 Å². The molecule has 0 heterocycles. The summed E-state index contributed by atoms with van der Waals surface area (Å²) in [7, 11) is 0. The number of carbonyl (C=O) groups is 1. The van der Waals surface area contributed by atoms with Gasteiger partial charge in [0.05, 0.1) is 11.1 Å². The van der Waals surface area contributed by atoms with Crippen molar-refractivity contribution in [3.05, 3.63) is 29.6 Å². The third-order valence-electron chi connectivity index (χ3n) is 2.19. The second-order valence-corrected chi connectivity index (χ2v) is 4.49. The second-order valence-electron chi connectivity index (χ2n) is 4.22. The van der Waals surface area contributed by atoms with Crippen LogP contribution in [0, 0.1) is 22.9 Å². The first kappa shape index (κ1) is 13.8. The molecule has 17 heavy (non-hydrogen) atoms. The van der Waals surface area contributed by atoms with Crippen LogP contribution in [0.15, 0.2) is 12.1 Å². The number of hydrogen-bond donors (Lipinski definition) is 1. The minimum Gasteiger partial charge on any atom is -0.323 e. The summed E-state index contributed by atoms with van der Waals surface area (Å²) in [5.74, 6) is -4.24. The highest BCUT2D eigenvalue weighted by Gasteiger charge is 2.27. The van der Waals surface area contributed by atoms with Crippen molar-refractivity contribution in [3.63, 3.8) is 0 Å². The summed E-state index contributed by atoms with van der Waals surface area (Å²) in [4.78, 5) is 11.6. The van der Waals surface area contributed by atoms with Crippen LogP contribution >= 0.6 is 11.6 Å². The van der Waals surface area contributed by atoms with E-state index in [2.05, 4.69) is 5.32 Å². The van der Waals surface area contributed by atoms with E-state index in [1.54, 1.807) is 0 Å². The molecule has 2 nitrogen and oxygen atoms in total. The van der Waals surface area contributed by atoms with Gasteiger partial charge in [-0.2, -0.15) is 0 Å². The normalized spacial score (nSPS) is 11.4. The third kappa shape index (κ3) is 3.12. The fourth-order valence-corrected chi connectivity index (χ4v) is 1.12. The number of benzene rings is 1. The van der Waals surface area contributed by atoms with Gasteiger partial charge in [0, 0.05) is 18.0 Å². The number of alkyl halides is 1. The van der Waals surface area contributed by atoms with Crippen molar-refractivity contribution < 1.29 is 18.0 Å². The fraction of sp³-hybridized carbons (Fsp3) is 0.364. The van der Waals surface area contributed by atoms with Crippen molar-refractivity contribution in [2.75, 3.05) is 11.2 Å². The number of amides is 1. The second kappa shape index (κ2) is 4.96. The molecule has 0 aromatic heterocycles. The van der Waals surface area contributed by atoms with Crippen LogP contribution in [0.4, 0.5) is 18.9 Å². The number of hydrogen-bond acceptors (Lipinski definition) is 1. The number of rotatable bonds is 3. The van der Waals surface area contributed by atoms with Crippen molar-refractivity contribution in [3.8, 4) is 0 Å². The van der Waals surface area contributed by atoms with Gasteiger partial charge in [-0.3, -0.25) is 4.79 Å². The van der Waals surface area contributed by atoms with Gasteiger partial charge in [0.1, 0.15) is 5.82 Å². The molecule has 0 atom stereocenters. The molecule has 1 aromatic rings. The predicted octanol–water partition coefficient (Wildman–Crippen LogP) is 3.31. The van der Waals surface area contributed by atoms with Crippen molar-refractivity contribution in [2.24, 2.45) is 5.41 Å². The van der Waals surface area contributed by atoms with Crippen molar-refractivity contribution in [2.45, 2.75) is 13.8 Å². The van der Waals surface area contributed by atoms with Gasteiger partial charge in [-0.1, -0.05) is 0 Å². The van der Waals surface area contributed by atoms with Gasteiger partial charge in [-0.05, 0) is 13.8 Å². The lowest BCUT2D eigenvalue weighted by molar-refractivity contribution is -0.123. The van der Waals surface area contributed by atoms with Crippen LogP contribution in [0.2, 0.25) is 0 Å². The highest BCUT2D eigenvalue weighted by Crippen LogP contribution is 2.23. The fourth-order valence-electron chi connectivity index (χ4n) is 0.999. The van der Waals surface area contributed by atoms with E-state index in [1.807, 2.05) is 0 Å². The standard InChI is InChI=1S/C11H11ClF3NO/c1-11(2,5-12)10(17)16-8-4-6(13)3-7(14)9(8)15/h3-4H,5H2,1-2H3,(H,16,17). The Hall–Kier alpha value is -1.23. The summed E-state index contributed by atoms with van der Waals surface area (Å²) in [5.41, 5.74) is -1.50. The number of halogens is 4. The molecular formula is C11H11ClF3NO. The van der Waals surface area contributed by atoms with E-state index >= 15 is 0 Å². The Morgan fingerprint density at radius 3 is 2.47 bits per heavy atom. The quantitative estimate of drug-likeness (QED) is 0.659. The molecule has 0 unspecified atom stereocenters. The molecule has 0 bridgehead atoms. The van der Waals surface area contributed by atoms with E-state index in [4.69, 9.17) is 11.6 Å². The summed E-state index contributed by atoms with van der Waals surface area (Å²) in [6.45, 7) is 3.06. The van der Waals surface area contributed by atoms with Crippen LogP contribution < -0.4 is 5.32 Å². The van der Waals surface area contributed by atoms with E-state index in [1.165, 1.54) is 13.8 Å². The Kier molecular flexibility index (Phi) is 4.03. The molecule has 0 radical (unpaired) electrons. The van der Waals surface area contributed by atoms with Crippen LogP contribution in [0.1, 0.15) is 13.8 Å². The zero-order chi connectivity index (χ0) is 13.2. The largest absolute Gasteiger partial charge is 0.323 e. The van der Waals surface area contributed by atoms with E-state index < -0.39 is 34.5 Å². The van der Waals surface area contributed by atoms with Crippen LogP contribution in [0.3, 0.4) is 0 Å². The monoisotopic (exact) mass is 265 g/mol. The first-order valence-corrected chi connectivity index (χ1v) is 5.33. The highest BCUT2D eigenvalue weighted by atomic mass is 35.5. The van der Waals surface area contributed by atoms with Crippen molar-refractivity contribution in [1.82, 2.24) is 0 Å². The Labute approximate surface area is 102 Å². The summed E-state index contributed by atoms with van der Waals surface area (Å²) in [5, 5.41) is 2.10. The van der Waals surface area contributed by atoms with Crippen LogP contribution in [0.25, 0.3) is 0 Å². The van der Waals surface area contributed by atoms with E-state index in [0.29, 0.717) is 12.1 Å². The predicted molar refractivity (Wildman–Crippen MR) is 59.4 cm³/mol. The molecule has 94 valence electrons. The molecule has 0 aliphatic heterocycles. The maximum Gasteiger partial charge on any atom is 0.231 e. The Balaban J connectivity index is 3.00. The average molecular weight is 266 g/mol. The van der Waals surface area contributed by atoms with Crippen LogP contribution in [-0.4, -0.2) is 11.8 Å². The molecule has 0 saturated heterocycles. The maximum atomic E-state index is 13.2. The Morgan fingerprint density at radius 2 is 1.94 bits per heavy atom. The first-order chi connectivity index (χ1) is 7.77. The molecule has 1 rings (SSSR count). The smallest absolute Gasteiger partial charge is 0.231 e. The number of nitrogens with one attached hydrogen (secondary N) is 1. The van der Waals surface area contributed by atoms with Gasteiger partial charge in [-0.15, -0.1) is 11.6 Å². The van der Waals surface area contributed by atoms with E-state index in [9.17, 15) is 18.0 Å². The van der Waals surface area contributed by atoms with Gasteiger partial charge in [0.25, 0.3) is 0 Å². The zero-order valence-electron chi connectivity index (χ0n) is 9.28. The molecule has 0 fully saturated rings. The molecule has 0 aliphatic carbocycles. The lowest BCUT2D eigenvalue weighted by atomic mass is 9.95. The molecule has 0 aliphatic rings. The van der Waals surface area contributed by atoms with Crippen LogP contribution in [0.5, 0.6) is 0 Å². The summed E-state index contributed by atoms with van der Waals surface area (Å²) in [6, 6.07) is 1.11. The molecular weight excluding hydrogens is 255 g/mol. The first-order valence-electron chi connectivity index (χ1n) is 4.80. The SMILES string of the molecule is CC(C)(CCl)C(=O)Nc1cc(F)cc(F)c1F. The molecule has 0 spiro atoms. The van der Waals surface area contributed by atoms with Crippen molar-refractivity contribution in [1.29, 1.82) is 0 Å². The van der Waals surface area contributed by atoms with Gasteiger partial charge in [0.15, 0.2) is 11.6 Å². The van der Waals surface area contributed by atoms with Crippen molar-refractivity contribution >= 4 is 23.2 Å². The van der Waals surface area contributed by atoms with E-state index in [-0.39, 0.29) is 5.88 Å². The molecule has 6 heteroatoms. The Bertz CT molecular complexity index is 449. The van der Waals surface area contributed by atoms with Gasteiger partial charge in [-0.25, -0.2) is 13.2 Å². The third-order valence-corrected chi connectivity index (χ3v) is 2.86. The Morgan fingerprint density at radius 1 is 1.35 bits per heavy atom. The summed E-state index contributed by atoms with van der Waals surface area (Å²) in [6.07, 6.45) is 0. The minimum atomic E-state index is -1.36. The minimum absolute atomic E-state index is 0.00174. The summed E-state index contributed by atoms with van der Waals surface area (Å²) >= 11 is 5.55. The highest BCUT2D eigenvalue weighted by molar-refractivity contribution is 6.20. The number of anilines is 1. The van der Waals surface area contributed by atoms with E-state index in [0.717, 1.165) is 0 Å². The molecule has 1 N–H and O–H groups in total. The lowest BCUT2D eigenvalue weighted by Crippen LogP contribution is -2.32. The molecule has 1 aromatic carbocycles. The van der Waals surface area contributed by atoms with Gasteiger partial charge < -0.3 is 5.32 Å². The average Bonchev–Trinajstić information content (AvgIpc) is 2.25. The maximum absolute atomic E-state index is 13.2. The molecule has 0 saturated carbocycles. The lowest BCUT2D eigenvalue weighted by Gasteiger charge is -2.20. The number of carbonyl (C=O) groups excluding carboxylic acids is 1. The zero-order valence-corrected chi connectivity index (χ0v) is 10.0. The van der Waals surface area contributed by atoms with Gasteiger partial charge >= 0.3 is 0 Å². The molecule has 1 amide bonds. The van der Waals surface area contributed by atoms with Crippen LogP contribution in [-0.2, 0) is 4.79 Å². The summed E-state index contributed by atoms with van der Waals surface area (Å²) < 4.78 is 39.0. The topological polar surface area (TPSA) is 29.1 Å².